The van der Waals surface area contributed by atoms with E-state index in [9.17, 15) is 0 Å². The summed E-state index contributed by atoms with van der Waals surface area (Å²) in [5.74, 6) is 0.754. The maximum Gasteiger partial charge on any atom is 0.0874 e. The molecule has 0 amide bonds. The first kappa shape index (κ1) is 15.9. The van der Waals surface area contributed by atoms with Gasteiger partial charge in [0.15, 0.2) is 0 Å². The molecule has 0 aliphatic carbocycles. The molecule has 1 saturated heterocycles. The van der Waals surface area contributed by atoms with E-state index in [4.69, 9.17) is 9.47 Å². The minimum atomic E-state index is -0.0116. The van der Waals surface area contributed by atoms with Crippen LogP contribution in [0.5, 0.6) is 0 Å². The van der Waals surface area contributed by atoms with Gasteiger partial charge in [0.25, 0.3) is 0 Å². The van der Waals surface area contributed by atoms with Crippen LogP contribution in [0.3, 0.4) is 0 Å². The Balaban J connectivity index is 2.64. The number of hydrogen-bond acceptors (Lipinski definition) is 3. The first-order chi connectivity index (χ1) is 8.64. The summed E-state index contributed by atoms with van der Waals surface area (Å²) in [6.07, 6.45) is 5.67. The van der Waals surface area contributed by atoms with Crippen molar-refractivity contribution in [2.24, 2.45) is 5.92 Å². The van der Waals surface area contributed by atoms with E-state index in [0.29, 0.717) is 6.04 Å². The molecule has 1 unspecified atom stereocenters. The molecule has 0 aromatic rings. The molecule has 18 heavy (non-hydrogen) atoms. The predicted molar refractivity (Wildman–Crippen MR) is 75.9 cm³/mol. The zero-order chi connectivity index (χ0) is 13.4. The number of hydrogen-bond donors (Lipinski definition) is 1. The van der Waals surface area contributed by atoms with Crippen LogP contribution >= 0.6 is 0 Å². The molecule has 1 aliphatic heterocycles. The van der Waals surface area contributed by atoms with E-state index in [2.05, 4.69) is 26.1 Å². The quantitative estimate of drug-likeness (QED) is 0.725. The van der Waals surface area contributed by atoms with E-state index < -0.39 is 0 Å². The lowest BCUT2D eigenvalue weighted by Crippen LogP contribution is -2.55. The molecule has 1 rings (SSSR count). The van der Waals surface area contributed by atoms with Gasteiger partial charge in [0.2, 0.25) is 0 Å². The zero-order valence-electron chi connectivity index (χ0n) is 12.6. The number of nitrogens with one attached hydrogen (secondary N) is 1. The van der Waals surface area contributed by atoms with Crippen molar-refractivity contribution in [1.82, 2.24) is 5.32 Å². The summed E-state index contributed by atoms with van der Waals surface area (Å²) in [6, 6.07) is 0.466. The van der Waals surface area contributed by atoms with Crippen LogP contribution in [-0.2, 0) is 9.47 Å². The van der Waals surface area contributed by atoms with Crippen molar-refractivity contribution in [2.75, 3.05) is 26.9 Å². The second kappa shape index (κ2) is 8.13. The van der Waals surface area contributed by atoms with E-state index in [1.54, 1.807) is 0 Å². The summed E-state index contributed by atoms with van der Waals surface area (Å²) in [4.78, 5) is 0. The van der Waals surface area contributed by atoms with Gasteiger partial charge in [-0.15, -0.1) is 0 Å². The Labute approximate surface area is 113 Å². The van der Waals surface area contributed by atoms with Crippen LogP contribution in [0.15, 0.2) is 0 Å². The van der Waals surface area contributed by atoms with Crippen molar-refractivity contribution in [2.45, 2.75) is 64.5 Å². The number of ether oxygens (including phenoxy) is 2. The molecule has 0 radical (unpaired) electrons. The Hall–Kier alpha value is -0.120. The normalized spacial score (nSPS) is 21.2. The fraction of sp³-hybridized carbons (Fsp3) is 1.00. The van der Waals surface area contributed by atoms with E-state index in [0.717, 1.165) is 38.5 Å². The highest BCUT2D eigenvalue weighted by Crippen LogP contribution is 2.31. The summed E-state index contributed by atoms with van der Waals surface area (Å²) in [5.41, 5.74) is -0.0116. The van der Waals surface area contributed by atoms with Crippen molar-refractivity contribution in [3.63, 3.8) is 0 Å². The first-order valence-corrected chi connectivity index (χ1v) is 7.51. The maximum absolute atomic E-state index is 5.93. The van der Waals surface area contributed by atoms with E-state index in [1.807, 2.05) is 7.11 Å². The summed E-state index contributed by atoms with van der Waals surface area (Å²) in [7, 11) is 1.86. The van der Waals surface area contributed by atoms with Gasteiger partial charge in [-0.2, -0.15) is 0 Å². The van der Waals surface area contributed by atoms with Crippen molar-refractivity contribution < 1.29 is 9.47 Å². The van der Waals surface area contributed by atoms with Crippen LogP contribution in [0.2, 0.25) is 0 Å². The molecule has 1 atom stereocenters. The Morgan fingerprint density at radius 3 is 2.39 bits per heavy atom. The molecule has 1 aliphatic rings. The standard InChI is InChI=1S/C15H31NO2/c1-5-10-16-14(7-6-13(2)3)15(17-4)8-11-18-12-9-15/h13-14,16H,5-12H2,1-4H3. The molecule has 1 fully saturated rings. The highest BCUT2D eigenvalue weighted by atomic mass is 16.5. The minimum absolute atomic E-state index is 0.0116. The lowest BCUT2D eigenvalue weighted by Gasteiger charge is -2.43. The third-order valence-corrected chi connectivity index (χ3v) is 4.05. The van der Waals surface area contributed by atoms with Gasteiger partial charge in [0.05, 0.1) is 5.60 Å². The van der Waals surface area contributed by atoms with Gasteiger partial charge in [0.1, 0.15) is 0 Å². The van der Waals surface area contributed by atoms with Crippen LogP contribution in [0, 0.1) is 5.92 Å². The van der Waals surface area contributed by atoms with E-state index >= 15 is 0 Å². The zero-order valence-corrected chi connectivity index (χ0v) is 12.6. The smallest absolute Gasteiger partial charge is 0.0874 e. The van der Waals surface area contributed by atoms with Gasteiger partial charge in [0, 0.05) is 39.2 Å². The molecule has 3 heteroatoms. The number of rotatable bonds is 8. The third-order valence-electron chi connectivity index (χ3n) is 4.05. The molecule has 3 nitrogen and oxygen atoms in total. The second-order valence-corrected chi connectivity index (χ2v) is 5.86. The second-order valence-electron chi connectivity index (χ2n) is 5.86. The fourth-order valence-corrected chi connectivity index (χ4v) is 2.78. The molecule has 0 bridgehead atoms. The molecule has 0 aromatic carbocycles. The Morgan fingerprint density at radius 2 is 1.89 bits per heavy atom. The van der Waals surface area contributed by atoms with E-state index in [-0.39, 0.29) is 5.60 Å². The van der Waals surface area contributed by atoms with Gasteiger partial charge in [-0.1, -0.05) is 20.8 Å². The summed E-state index contributed by atoms with van der Waals surface area (Å²) in [6.45, 7) is 9.55. The molecular weight excluding hydrogens is 226 g/mol. The summed E-state index contributed by atoms with van der Waals surface area (Å²) >= 11 is 0. The average molecular weight is 257 g/mol. The van der Waals surface area contributed by atoms with Gasteiger partial charge < -0.3 is 14.8 Å². The summed E-state index contributed by atoms with van der Waals surface area (Å²) in [5, 5.41) is 3.71. The van der Waals surface area contributed by atoms with Crippen molar-refractivity contribution in [3.8, 4) is 0 Å². The molecule has 1 N–H and O–H groups in total. The monoisotopic (exact) mass is 257 g/mol. The highest BCUT2D eigenvalue weighted by Gasteiger charge is 2.39. The first-order valence-electron chi connectivity index (χ1n) is 7.51. The van der Waals surface area contributed by atoms with Gasteiger partial charge in [-0.25, -0.2) is 0 Å². The van der Waals surface area contributed by atoms with Crippen LogP contribution in [-0.4, -0.2) is 38.5 Å². The fourth-order valence-electron chi connectivity index (χ4n) is 2.78. The Bertz CT molecular complexity index is 213. The molecule has 0 aromatic heterocycles. The van der Waals surface area contributed by atoms with Crippen LogP contribution < -0.4 is 5.32 Å². The average Bonchev–Trinajstić information content (AvgIpc) is 2.39. The van der Waals surface area contributed by atoms with Crippen LogP contribution in [0.25, 0.3) is 0 Å². The molecular formula is C15H31NO2. The molecule has 0 spiro atoms. The third kappa shape index (κ3) is 4.52. The largest absolute Gasteiger partial charge is 0.381 e. The van der Waals surface area contributed by atoms with Gasteiger partial charge in [-0.05, 0) is 31.7 Å². The minimum Gasteiger partial charge on any atom is -0.381 e. The maximum atomic E-state index is 5.93. The van der Waals surface area contributed by atoms with Crippen LogP contribution in [0.4, 0.5) is 0 Å². The highest BCUT2D eigenvalue weighted by molar-refractivity contribution is 4.95. The Kier molecular flexibility index (Phi) is 7.20. The lowest BCUT2D eigenvalue weighted by atomic mass is 9.82. The van der Waals surface area contributed by atoms with Crippen molar-refractivity contribution in [1.29, 1.82) is 0 Å². The molecule has 0 saturated carbocycles. The van der Waals surface area contributed by atoms with Gasteiger partial charge >= 0.3 is 0 Å². The molecule has 1 heterocycles. The summed E-state index contributed by atoms with van der Waals surface area (Å²) < 4.78 is 11.4. The SMILES string of the molecule is CCCNC(CCC(C)C)C1(OC)CCOCC1. The van der Waals surface area contributed by atoms with Gasteiger partial charge in [-0.3, -0.25) is 0 Å². The Morgan fingerprint density at radius 1 is 1.22 bits per heavy atom. The van der Waals surface area contributed by atoms with E-state index in [1.165, 1.54) is 19.3 Å². The molecule has 108 valence electrons. The predicted octanol–water partition coefficient (Wildman–Crippen LogP) is 2.99. The van der Waals surface area contributed by atoms with Crippen molar-refractivity contribution in [3.05, 3.63) is 0 Å². The topological polar surface area (TPSA) is 30.5 Å². The van der Waals surface area contributed by atoms with Crippen LogP contribution in [0.1, 0.15) is 52.9 Å². The number of methoxy groups -OCH3 is 1. The lowest BCUT2D eigenvalue weighted by molar-refractivity contribution is -0.112. The van der Waals surface area contributed by atoms with Crippen molar-refractivity contribution >= 4 is 0 Å².